The van der Waals surface area contributed by atoms with Crippen LogP contribution in [0.5, 0.6) is 0 Å². The number of alkyl carbamates (subject to hydrolysis) is 1. The van der Waals surface area contributed by atoms with Gasteiger partial charge in [-0.3, -0.25) is 4.79 Å². The highest BCUT2D eigenvalue weighted by molar-refractivity contribution is 5.90. The van der Waals surface area contributed by atoms with E-state index in [2.05, 4.69) is 29.6 Å². The highest BCUT2D eigenvalue weighted by atomic mass is 16.5. The Morgan fingerprint density at radius 3 is 2.24 bits per heavy atom. The fourth-order valence-electron chi connectivity index (χ4n) is 5.74. The zero-order valence-corrected chi connectivity index (χ0v) is 19.3. The number of amides is 2. The fourth-order valence-corrected chi connectivity index (χ4v) is 5.74. The number of likely N-dealkylation sites (N-methyl/N-ethyl adjacent to an activating group) is 1. The van der Waals surface area contributed by atoms with Crippen molar-refractivity contribution in [3.05, 3.63) is 59.7 Å². The summed E-state index contributed by atoms with van der Waals surface area (Å²) in [6.45, 7) is 0.595. The average molecular weight is 463 g/mol. The Morgan fingerprint density at radius 1 is 1.03 bits per heavy atom. The Hall–Kier alpha value is -3.35. The third-order valence-electron chi connectivity index (χ3n) is 7.92. The van der Waals surface area contributed by atoms with Gasteiger partial charge in [-0.15, -0.1) is 0 Å². The van der Waals surface area contributed by atoms with Gasteiger partial charge < -0.3 is 20.1 Å². The van der Waals surface area contributed by atoms with Crippen LogP contribution in [0.3, 0.4) is 0 Å². The Balaban J connectivity index is 1.17. The molecule has 0 saturated heterocycles. The summed E-state index contributed by atoms with van der Waals surface area (Å²) in [5, 5.41) is 12.4. The van der Waals surface area contributed by atoms with Crippen LogP contribution in [-0.4, -0.2) is 53.7 Å². The monoisotopic (exact) mass is 462 g/mol. The molecule has 0 radical (unpaired) electrons. The van der Waals surface area contributed by atoms with E-state index in [9.17, 15) is 19.5 Å². The maximum absolute atomic E-state index is 13.0. The van der Waals surface area contributed by atoms with Gasteiger partial charge in [0, 0.05) is 25.4 Å². The van der Waals surface area contributed by atoms with Crippen molar-refractivity contribution in [2.24, 2.45) is 11.8 Å². The number of ether oxygens (including phenoxy) is 1. The Kier molecular flexibility index (Phi) is 5.80. The number of carbonyl (C=O) groups is 3. The number of hydrogen-bond donors (Lipinski definition) is 2. The van der Waals surface area contributed by atoms with Crippen LogP contribution in [0.25, 0.3) is 11.1 Å². The standard InChI is InChI=1S/C27H30N2O5/c1-29(27(13-14-27)25(31)32)24(30)18-12-6-7-17(18)15-28-26(33)34-16-23-21-10-4-2-8-19(21)20-9-3-5-11-22(20)23/h2-5,8-11,17-18,23H,6-7,12-16H2,1H3,(H,28,33)(H,31,32)/t17-,18-/m1/s1. The Bertz CT molecular complexity index is 1080. The second kappa shape index (κ2) is 8.78. The molecular formula is C27H30N2O5. The summed E-state index contributed by atoms with van der Waals surface area (Å²) in [6, 6.07) is 16.4. The molecule has 3 aliphatic carbocycles. The maximum Gasteiger partial charge on any atom is 0.407 e. The Labute approximate surface area is 199 Å². The van der Waals surface area contributed by atoms with Crippen molar-refractivity contribution < 1.29 is 24.2 Å². The average Bonchev–Trinajstić information content (AvgIpc) is 3.43. The predicted octanol–water partition coefficient (Wildman–Crippen LogP) is 4.02. The molecule has 2 N–H and O–H groups in total. The van der Waals surface area contributed by atoms with E-state index in [0.29, 0.717) is 19.4 Å². The molecule has 0 aliphatic heterocycles. The molecule has 0 unspecified atom stereocenters. The molecule has 2 amide bonds. The summed E-state index contributed by atoms with van der Waals surface area (Å²) in [7, 11) is 1.60. The molecule has 7 nitrogen and oxygen atoms in total. The summed E-state index contributed by atoms with van der Waals surface area (Å²) in [5.41, 5.74) is 3.64. The summed E-state index contributed by atoms with van der Waals surface area (Å²) in [4.78, 5) is 38.6. The van der Waals surface area contributed by atoms with Gasteiger partial charge >= 0.3 is 12.1 Å². The molecule has 5 rings (SSSR count). The number of carboxylic acid groups (broad SMARTS) is 1. The van der Waals surface area contributed by atoms with Crippen LogP contribution < -0.4 is 5.32 Å². The predicted molar refractivity (Wildman–Crippen MR) is 126 cm³/mol. The van der Waals surface area contributed by atoms with E-state index in [0.717, 1.165) is 30.4 Å². The van der Waals surface area contributed by atoms with Crippen molar-refractivity contribution in [2.75, 3.05) is 20.2 Å². The smallest absolute Gasteiger partial charge is 0.407 e. The molecular weight excluding hydrogens is 432 g/mol. The topological polar surface area (TPSA) is 95.9 Å². The highest BCUT2D eigenvalue weighted by Crippen LogP contribution is 2.45. The molecule has 7 heteroatoms. The molecule has 2 atom stereocenters. The number of aliphatic carboxylic acids is 1. The maximum atomic E-state index is 13.0. The van der Waals surface area contributed by atoms with Gasteiger partial charge in [-0.2, -0.15) is 0 Å². The second-order valence-corrected chi connectivity index (χ2v) is 9.74. The van der Waals surface area contributed by atoms with E-state index < -0.39 is 17.6 Å². The normalized spacial score (nSPS) is 21.9. The number of nitrogens with one attached hydrogen (secondary N) is 1. The van der Waals surface area contributed by atoms with Crippen LogP contribution in [0.4, 0.5) is 4.79 Å². The molecule has 2 saturated carbocycles. The van der Waals surface area contributed by atoms with Crippen molar-refractivity contribution in [2.45, 2.75) is 43.6 Å². The van der Waals surface area contributed by atoms with Gasteiger partial charge in [0.1, 0.15) is 12.1 Å². The molecule has 2 fully saturated rings. The van der Waals surface area contributed by atoms with Gasteiger partial charge in [0.15, 0.2) is 0 Å². The molecule has 0 bridgehead atoms. The first-order valence-electron chi connectivity index (χ1n) is 12.0. The molecule has 0 heterocycles. The summed E-state index contributed by atoms with van der Waals surface area (Å²) < 4.78 is 5.62. The number of carbonyl (C=O) groups excluding carboxylic acids is 2. The van der Waals surface area contributed by atoms with Crippen LogP contribution in [0.15, 0.2) is 48.5 Å². The second-order valence-electron chi connectivity index (χ2n) is 9.74. The summed E-state index contributed by atoms with van der Waals surface area (Å²) >= 11 is 0. The van der Waals surface area contributed by atoms with Crippen molar-refractivity contribution in [1.29, 1.82) is 0 Å². The van der Waals surface area contributed by atoms with Crippen molar-refractivity contribution in [3.63, 3.8) is 0 Å². The number of benzene rings is 2. The number of hydrogen-bond acceptors (Lipinski definition) is 4. The molecule has 2 aromatic carbocycles. The van der Waals surface area contributed by atoms with E-state index in [1.807, 2.05) is 24.3 Å². The first-order valence-corrected chi connectivity index (χ1v) is 12.0. The summed E-state index contributed by atoms with van der Waals surface area (Å²) in [5.74, 6) is -1.35. The third-order valence-corrected chi connectivity index (χ3v) is 7.92. The van der Waals surface area contributed by atoms with E-state index in [1.54, 1.807) is 7.05 Å². The van der Waals surface area contributed by atoms with E-state index in [1.165, 1.54) is 16.0 Å². The Morgan fingerprint density at radius 2 is 1.65 bits per heavy atom. The van der Waals surface area contributed by atoms with E-state index in [-0.39, 0.29) is 30.3 Å². The van der Waals surface area contributed by atoms with Crippen molar-refractivity contribution in [3.8, 4) is 11.1 Å². The van der Waals surface area contributed by atoms with Crippen LogP contribution in [0, 0.1) is 11.8 Å². The van der Waals surface area contributed by atoms with Gasteiger partial charge in [0.25, 0.3) is 0 Å². The first-order chi connectivity index (χ1) is 16.4. The van der Waals surface area contributed by atoms with Gasteiger partial charge in [0.2, 0.25) is 5.91 Å². The van der Waals surface area contributed by atoms with Crippen molar-refractivity contribution in [1.82, 2.24) is 10.2 Å². The number of rotatable bonds is 7. The molecule has 0 spiro atoms. The number of fused-ring (bicyclic) bond motifs is 3. The van der Waals surface area contributed by atoms with Crippen LogP contribution >= 0.6 is 0 Å². The fraction of sp³-hybridized carbons (Fsp3) is 0.444. The minimum atomic E-state index is -1.04. The lowest BCUT2D eigenvalue weighted by Gasteiger charge is -2.29. The van der Waals surface area contributed by atoms with Gasteiger partial charge in [-0.1, -0.05) is 55.0 Å². The minimum absolute atomic E-state index is 0.00152. The van der Waals surface area contributed by atoms with Gasteiger partial charge in [-0.05, 0) is 53.9 Å². The lowest BCUT2D eigenvalue weighted by atomic mass is 9.94. The number of nitrogens with zero attached hydrogens (tertiary/aromatic N) is 1. The highest BCUT2D eigenvalue weighted by Gasteiger charge is 2.56. The van der Waals surface area contributed by atoms with E-state index >= 15 is 0 Å². The van der Waals surface area contributed by atoms with Crippen LogP contribution in [-0.2, 0) is 14.3 Å². The zero-order chi connectivity index (χ0) is 23.9. The molecule has 178 valence electrons. The van der Waals surface area contributed by atoms with Gasteiger partial charge in [-0.25, -0.2) is 9.59 Å². The quantitative estimate of drug-likeness (QED) is 0.648. The molecule has 3 aliphatic rings. The third kappa shape index (κ3) is 3.83. The first kappa shape index (κ1) is 22.4. The lowest BCUT2D eigenvalue weighted by molar-refractivity contribution is -0.153. The largest absolute Gasteiger partial charge is 0.479 e. The summed E-state index contributed by atoms with van der Waals surface area (Å²) in [6.07, 6.45) is 2.95. The van der Waals surface area contributed by atoms with Crippen molar-refractivity contribution >= 4 is 18.0 Å². The molecule has 0 aromatic heterocycles. The zero-order valence-electron chi connectivity index (χ0n) is 19.3. The number of carboxylic acids is 1. The minimum Gasteiger partial charge on any atom is -0.479 e. The van der Waals surface area contributed by atoms with Gasteiger partial charge in [0.05, 0.1) is 0 Å². The molecule has 2 aromatic rings. The van der Waals surface area contributed by atoms with Crippen LogP contribution in [0.1, 0.15) is 49.1 Å². The van der Waals surface area contributed by atoms with Crippen LogP contribution in [0.2, 0.25) is 0 Å². The van der Waals surface area contributed by atoms with E-state index in [4.69, 9.17) is 4.74 Å². The lowest BCUT2D eigenvalue weighted by Crippen LogP contribution is -2.48. The SMILES string of the molecule is CN(C(=O)[C@@H]1CCC[C@@H]1CNC(=O)OCC1c2ccccc2-c2ccccc21)C1(C(=O)O)CC1. The molecule has 34 heavy (non-hydrogen) atoms.